The second-order valence-electron chi connectivity index (χ2n) is 8.15. The van der Waals surface area contributed by atoms with Crippen molar-refractivity contribution in [1.82, 2.24) is 14.7 Å². The number of aryl methyl sites for hydroxylation is 1. The Balaban J connectivity index is 0.000000482. The number of nitrogens with zero attached hydrogens (tertiary/aromatic N) is 3. The minimum absolute atomic E-state index is 0. The van der Waals surface area contributed by atoms with Crippen molar-refractivity contribution in [2.75, 3.05) is 27.3 Å². The third-order valence-corrected chi connectivity index (χ3v) is 5.72. The smallest absolute Gasteiger partial charge is 0.493 e. The van der Waals surface area contributed by atoms with E-state index < -0.39 is 0 Å². The van der Waals surface area contributed by atoms with Gasteiger partial charge in [0.05, 0.1) is 26.2 Å². The van der Waals surface area contributed by atoms with Crippen LogP contribution < -0.4 is 28.3 Å². The van der Waals surface area contributed by atoms with Crippen molar-refractivity contribution >= 4 is 17.9 Å². The van der Waals surface area contributed by atoms with E-state index in [0.29, 0.717) is 35.8 Å². The molecule has 1 aliphatic rings. The van der Waals surface area contributed by atoms with E-state index in [2.05, 4.69) is 18.1 Å². The summed E-state index contributed by atoms with van der Waals surface area (Å²) in [5.41, 5.74) is 3.82. The minimum Gasteiger partial charge on any atom is -0.493 e. The van der Waals surface area contributed by atoms with Gasteiger partial charge in [-0.1, -0.05) is 18.2 Å². The summed E-state index contributed by atoms with van der Waals surface area (Å²) in [6.45, 7) is 6.73. The van der Waals surface area contributed by atoms with Crippen molar-refractivity contribution in [2.24, 2.45) is 0 Å². The Morgan fingerprint density at radius 3 is 2.47 bits per heavy atom. The number of carbonyl (C=O) groups is 1. The molecule has 0 N–H and O–H groups in total. The number of hydrogen-bond acceptors (Lipinski definition) is 5. The van der Waals surface area contributed by atoms with E-state index in [9.17, 15) is 9.59 Å². The van der Waals surface area contributed by atoms with E-state index >= 15 is 0 Å². The zero-order valence-electron chi connectivity index (χ0n) is 22.5. The van der Waals surface area contributed by atoms with E-state index in [1.54, 1.807) is 49.7 Å². The van der Waals surface area contributed by atoms with Gasteiger partial charge in [0.25, 0.3) is 5.91 Å². The van der Waals surface area contributed by atoms with Gasteiger partial charge in [-0.05, 0) is 43.2 Å². The van der Waals surface area contributed by atoms with Gasteiger partial charge in [-0.15, -0.1) is 25.2 Å². The summed E-state index contributed by atoms with van der Waals surface area (Å²) in [4.78, 5) is 24.5. The Kier molecular flexibility index (Phi) is 12.6. The van der Waals surface area contributed by atoms with Gasteiger partial charge in [0.1, 0.15) is 0 Å². The third-order valence-electron chi connectivity index (χ3n) is 5.72. The van der Waals surface area contributed by atoms with Crippen LogP contribution in [0.4, 0.5) is 0 Å². The number of methoxy groups -OCH3 is 2. The fourth-order valence-electron chi connectivity index (χ4n) is 3.85. The van der Waals surface area contributed by atoms with Crippen LogP contribution in [0, 0.1) is 13.3 Å². The zero-order valence-corrected chi connectivity index (χ0v) is 22.5. The van der Waals surface area contributed by atoms with Crippen LogP contribution in [0.1, 0.15) is 40.7 Å². The molecule has 0 unspecified atom stereocenters. The summed E-state index contributed by atoms with van der Waals surface area (Å²) in [5, 5.41) is 4.67. The van der Waals surface area contributed by atoms with Gasteiger partial charge in [0.2, 0.25) is 0 Å². The zero-order chi connectivity index (χ0) is 26.6. The molecule has 1 amide bonds. The molecular weight excluding hydrogens is 473 g/mol. The molecule has 2 heterocycles. The van der Waals surface area contributed by atoms with E-state index in [1.807, 2.05) is 60.5 Å². The fraction of sp³-hybridized carbons (Fsp3) is 0.233. The molecule has 2 aromatic carbocycles. The first-order chi connectivity index (χ1) is 18.1. The van der Waals surface area contributed by atoms with Gasteiger partial charge >= 0.3 is 18.9 Å². The summed E-state index contributed by atoms with van der Waals surface area (Å²) in [6.07, 6.45) is 11.5. The molecule has 4 rings (SSSR count). The number of rotatable bonds is 8. The Hall–Kier alpha value is -3.53. The third kappa shape index (κ3) is 7.74. The van der Waals surface area contributed by atoms with Crippen LogP contribution >= 0.6 is 0 Å². The Morgan fingerprint density at radius 1 is 1.13 bits per heavy atom. The number of allylic oxidation sites excluding steroid dienone is 3. The largest absolute Gasteiger partial charge is 1.00 e. The summed E-state index contributed by atoms with van der Waals surface area (Å²) in [5.74, 6) is 1.19. The molecule has 0 spiro atoms. The van der Waals surface area contributed by atoms with E-state index in [-0.39, 0.29) is 24.8 Å². The SMILES string of the molecule is O=[C-]c1ccccc1.[CH2-]CN(C[CH-]C)C(=O)c1cc2n(n1)/C(c1ccc(OC)c(OC)c1)=C\C=C/CC2.[Li+]. The van der Waals surface area contributed by atoms with Crippen molar-refractivity contribution < 1.29 is 37.9 Å². The molecule has 0 fully saturated rings. The van der Waals surface area contributed by atoms with E-state index in [1.165, 1.54) is 0 Å². The first-order valence-electron chi connectivity index (χ1n) is 12.0. The van der Waals surface area contributed by atoms with Crippen LogP contribution in [-0.2, 0) is 11.2 Å². The standard InChI is InChI=1S/C23H27N3O3.C7H5O.Li/c1-5-14-25(6-2)23(27)19-16-18-10-8-7-9-11-20(26(18)24-19)17-12-13-21(28-3)22(15-17)29-4;8-6-7-4-2-1-3-5-7;/h5,7,9,11-13,15-16H,2,6,8,10,14H2,1,3-4H3;1-5H;/q-2;-1;+1/b9-7-,20-11-;;. The maximum absolute atomic E-state index is 12.9. The molecule has 0 aliphatic carbocycles. The molecule has 38 heavy (non-hydrogen) atoms. The van der Waals surface area contributed by atoms with Crippen molar-refractivity contribution in [3.63, 3.8) is 0 Å². The topological polar surface area (TPSA) is 73.7 Å². The van der Waals surface area contributed by atoms with Crippen LogP contribution in [0.3, 0.4) is 0 Å². The summed E-state index contributed by atoms with van der Waals surface area (Å²) in [6, 6.07) is 16.5. The number of benzene rings is 2. The monoisotopic (exact) mass is 505 g/mol. The summed E-state index contributed by atoms with van der Waals surface area (Å²) >= 11 is 0. The number of carbonyl (C=O) groups excluding carboxylic acids is 2. The van der Waals surface area contributed by atoms with E-state index in [0.717, 1.165) is 29.8 Å². The van der Waals surface area contributed by atoms with Gasteiger partial charge in [-0.3, -0.25) is 4.79 Å². The maximum atomic E-state index is 12.9. The predicted octanol–water partition coefficient (Wildman–Crippen LogP) is 1.94. The molecule has 0 atom stereocenters. The van der Waals surface area contributed by atoms with Gasteiger partial charge in [0, 0.05) is 11.3 Å². The normalized spacial score (nSPS) is 14.1. The van der Waals surface area contributed by atoms with Gasteiger partial charge in [-0.25, -0.2) is 4.68 Å². The molecule has 0 saturated carbocycles. The number of hydrogen-bond donors (Lipinski definition) is 0. The first kappa shape index (κ1) is 30.7. The van der Waals surface area contributed by atoms with Crippen molar-refractivity contribution in [3.8, 4) is 11.5 Å². The first-order valence-corrected chi connectivity index (χ1v) is 12.0. The molecule has 1 aliphatic heterocycles. The maximum Gasteiger partial charge on any atom is 1.00 e. The molecule has 1 aromatic heterocycles. The van der Waals surface area contributed by atoms with Crippen LogP contribution in [0.2, 0.25) is 0 Å². The predicted molar refractivity (Wildman–Crippen MR) is 145 cm³/mol. The summed E-state index contributed by atoms with van der Waals surface area (Å²) in [7, 11) is 3.23. The molecule has 7 nitrogen and oxygen atoms in total. The second-order valence-corrected chi connectivity index (χ2v) is 8.15. The van der Waals surface area contributed by atoms with Crippen LogP contribution in [0.25, 0.3) is 5.70 Å². The molecule has 0 radical (unpaired) electrons. The van der Waals surface area contributed by atoms with Crippen LogP contribution in [0.5, 0.6) is 11.5 Å². The van der Waals surface area contributed by atoms with Crippen molar-refractivity contribution in [1.29, 1.82) is 0 Å². The average molecular weight is 506 g/mol. The van der Waals surface area contributed by atoms with Crippen molar-refractivity contribution in [2.45, 2.75) is 19.8 Å². The number of ether oxygens (including phenoxy) is 2. The summed E-state index contributed by atoms with van der Waals surface area (Å²) < 4.78 is 12.7. The number of fused-ring (bicyclic) bond motifs is 1. The van der Waals surface area contributed by atoms with Gasteiger partial charge < -0.3 is 32.5 Å². The average Bonchev–Trinajstić information content (AvgIpc) is 3.34. The van der Waals surface area contributed by atoms with Gasteiger partial charge in [-0.2, -0.15) is 29.7 Å². The van der Waals surface area contributed by atoms with E-state index in [4.69, 9.17) is 9.47 Å². The molecule has 194 valence electrons. The number of amides is 1. The minimum atomic E-state index is -0.114. The molecule has 8 heteroatoms. The molecule has 0 saturated heterocycles. The molecule has 0 bridgehead atoms. The van der Waals surface area contributed by atoms with Crippen LogP contribution in [-0.4, -0.2) is 54.2 Å². The van der Waals surface area contributed by atoms with Crippen LogP contribution in [0.15, 0.2) is 72.8 Å². The Morgan fingerprint density at radius 2 is 1.87 bits per heavy atom. The quantitative estimate of drug-likeness (QED) is 0.346. The van der Waals surface area contributed by atoms with Gasteiger partial charge in [0.15, 0.2) is 17.2 Å². The fourth-order valence-corrected chi connectivity index (χ4v) is 3.85. The molecule has 3 aromatic rings. The second kappa shape index (κ2) is 15.7. The Labute approximate surface area is 237 Å². The van der Waals surface area contributed by atoms with Crippen molar-refractivity contribution in [3.05, 3.63) is 109 Å². The molecular formula is C30H32LiN3O4-2. The Bertz CT molecular complexity index is 1250. The number of aromatic nitrogens is 2.